The number of nitrogens with zero attached hydrogens (tertiary/aromatic N) is 4. The van der Waals surface area contributed by atoms with Crippen LogP contribution in [0.5, 0.6) is 0 Å². The van der Waals surface area contributed by atoms with Gasteiger partial charge in [-0.3, -0.25) is 0 Å². The molecule has 94 valence electrons. The van der Waals surface area contributed by atoms with Crippen molar-refractivity contribution in [2.24, 2.45) is 5.73 Å². The van der Waals surface area contributed by atoms with Crippen LogP contribution in [0.3, 0.4) is 0 Å². The number of carbonyl (C=O) groups excluding carboxylic acids is 1. The molecule has 1 unspecified atom stereocenters. The Balaban J connectivity index is 2.30. The molecule has 7 nitrogen and oxygen atoms in total. The maximum atomic E-state index is 10.7. The SMILES string of the molecule is NC(=O)OCC(c1ccccc1Cl)n1ncnn1. The molecule has 0 saturated carbocycles. The van der Waals surface area contributed by atoms with Crippen molar-refractivity contribution in [3.8, 4) is 0 Å². The minimum atomic E-state index is -0.868. The molecule has 2 N–H and O–H groups in total. The monoisotopic (exact) mass is 267 g/mol. The quantitative estimate of drug-likeness (QED) is 0.892. The second-order valence-electron chi connectivity index (χ2n) is 3.42. The number of ether oxygens (including phenoxy) is 1. The van der Waals surface area contributed by atoms with Gasteiger partial charge in [0.25, 0.3) is 0 Å². The van der Waals surface area contributed by atoms with E-state index in [2.05, 4.69) is 15.4 Å². The topological polar surface area (TPSA) is 95.9 Å². The lowest BCUT2D eigenvalue weighted by Gasteiger charge is -2.16. The Labute approximate surface area is 107 Å². The fraction of sp³-hybridized carbons (Fsp3) is 0.200. The van der Waals surface area contributed by atoms with E-state index in [0.29, 0.717) is 5.02 Å². The predicted octanol–water partition coefficient (Wildman–Crippen LogP) is 1.01. The van der Waals surface area contributed by atoms with Crippen molar-refractivity contribution in [2.45, 2.75) is 6.04 Å². The summed E-state index contributed by atoms with van der Waals surface area (Å²) in [5.74, 6) is 0. The minimum Gasteiger partial charge on any atom is -0.447 e. The summed E-state index contributed by atoms with van der Waals surface area (Å²) >= 11 is 6.09. The summed E-state index contributed by atoms with van der Waals surface area (Å²) in [6.45, 7) is -0.0184. The normalized spacial score (nSPS) is 12.1. The van der Waals surface area contributed by atoms with Crippen LogP contribution in [0.4, 0.5) is 4.79 Å². The Kier molecular flexibility index (Phi) is 3.73. The van der Waals surface area contributed by atoms with Crippen molar-refractivity contribution in [1.82, 2.24) is 20.2 Å². The van der Waals surface area contributed by atoms with Crippen molar-refractivity contribution in [3.05, 3.63) is 41.2 Å². The molecule has 0 aliphatic rings. The van der Waals surface area contributed by atoms with Gasteiger partial charge < -0.3 is 10.5 Å². The number of tetrazole rings is 1. The van der Waals surface area contributed by atoms with Crippen molar-refractivity contribution in [2.75, 3.05) is 6.61 Å². The first-order valence-corrected chi connectivity index (χ1v) is 5.45. The summed E-state index contributed by atoms with van der Waals surface area (Å²) in [7, 11) is 0. The first-order valence-electron chi connectivity index (χ1n) is 5.07. The minimum absolute atomic E-state index is 0.0184. The summed E-state index contributed by atoms with van der Waals surface area (Å²) in [6.07, 6.45) is 0.417. The number of amides is 1. The van der Waals surface area contributed by atoms with E-state index < -0.39 is 12.1 Å². The summed E-state index contributed by atoms with van der Waals surface area (Å²) in [5.41, 5.74) is 5.67. The maximum absolute atomic E-state index is 10.7. The number of benzene rings is 1. The van der Waals surface area contributed by atoms with Gasteiger partial charge in [-0.15, -0.1) is 10.2 Å². The average Bonchev–Trinajstić information content (AvgIpc) is 2.85. The van der Waals surface area contributed by atoms with Gasteiger partial charge in [-0.25, -0.2) is 4.79 Å². The van der Waals surface area contributed by atoms with E-state index in [4.69, 9.17) is 22.1 Å². The number of nitrogens with two attached hydrogens (primary N) is 1. The smallest absolute Gasteiger partial charge is 0.404 e. The summed E-state index contributed by atoms with van der Waals surface area (Å²) in [4.78, 5) is 12.0. The zero-order chi connectivity index (χ0) is 13.0. The van der Waals surface area contributed by atoms with Gasteiger partial charge in [-0.2, -0.15) is 4.80 Å². The van der Waals surface area contributed by atoms with Gasteiger partial charge >= 0.3 is 6.09 Å². The largest absolute Gasteiger partial charge is 0.447 e. The lowest BCUT2D eigenvalue weighted by atomic mass is 10.1. The van der Waals surface area contributed by atoms with Gasteiger partial charge in [0.05, 0.1) is 0 Å². The third kappa shape index (κ3) is 2.75. The number of aromatic nitrogens is 4. The Morgan fingerprint density at radius 2 is 2.28 bits per heavy atom. The van der Waals surface area contributed by atoms with E-state index in [1.54, 1.807) is 18.2 Å². The third-order valence-electron chi connectivity index (χ3n) is 2.29. The summed E-state index contributed by atoms with van der Waals surface area (Å²) < 4.78 is 4.79. The van der Waals surface area contributed by atoms with Gasteiger partial charge in [0.1, 0.15) is 12.6 Å². The molecule has 0 bridgehead atoms. The molecule has 18 heavy (non-hydrogen) atoms. The second-order valence-corrected chi connectivity index (χ2v) is 3.83. The van der Waals surface area contributed by atoms with Crippen molar-refractivity contribution in [3.63, 3.8) is 0 Å². The molecular weight excluding hydrogens is 258 g/mol. The molecule has 0 aliphatic heterocycles. The summed E-state index contributed by atoms with van der Waals surface area (Å²) in [6, 6.07) is 6.67. The molecule has 1 aromatic heterocycles. The molecule has 8 heteroatoms. The Morgan fingerprint density at radius 3 is 2.89 bits per heavy atom. The van der Waals surface area contributed by atoms with E-state index in [0.717, 1.165) is 5.56 Å². The van der Waals surface area contributed by atoms with Gasteiger partial charge in [0, 0.05) is 10.6 Å². The summed E-state index contributed by atoms with van der Waals surface area (Å²) in [5, 5.41) is 11.8. The molecule has 1 aromatic carbocycles. The van der Waals surface area contributed by atoms with Crippen molar-refractivity contribution < 1.29 is 9.53 Å². The average molecular weight is 268 g/mol. The standard InChI is InChI=1S/C10H10ClN5O2/c11-8-4-2-1-3-7(8)9(5-18-10(12)17)16-14-6-13-15-16/h1-4,6,9H,5H2,(H2,12,17). The number of carbonyl (C=O) groups is 1. The molecule has 0 aliphatic carbocycles. The van der Waals surface area contributed by atoms with Gasteiger partial charge in [0.2, 0.25) is 0 Å². The molecule has 1 atom stereocenters. The van der Waals surface area contributed by atoms with E-state index in [1.807, 2.05) is 6.07 Å². The Hall–Kier alpha value is -2.15. The van der Waals surface area contributed by atoms with E-state index in [1.165, 1.54) is 11.1 Å². The zero-order valence-corrected chi connectivity index (χ0v) is 9.99. The molecule has 1 heterocycles. The lowest BCUT2D eigenvalue weighted by molar-refractivity contribution is 0.139. The number of hydrogen-bond acceptors (Lipinski definition) is 5. The Bertz CT molecular complexity index is 531. The number of hydrogen-bond donors (Lipinski definition) is 1. The highest BCUT2D eigenvalue weighted by atomic mass is 35.5. The van der Waals surface area contributed by atoms with Crippen LogP contribution in [0.2, 0.25) is 5.02 Å². The highest BCUT2D eigenvalue weighted by Crippen LogP contribution is 2.24. The highest BCUT2D eigenvalue weighted by molar-refractivity contribution is 6.31. The molecule has 0 radical (unpaired) electrons. The van der Waals surface area contributed by atoms with Crippen molar-refractivity contribution >= 4 is 17.7 Å². The van der Waals surface area contributed by atoms with Crippen LogP contribution in [0.15, 0.2) is 30.6 Å². The lowest BCUT2D eigenvalue weighted by Crippen LogP contribution is -2.24. The van der Waals surface area contributed by atoms with Crippen LogP contribution in [0.1, 0.15) is 11.6 Å². The number of rotatable bonds is 4. The van der Waals surface area contributed by atoms with E-state index in [-0.39, 0.29) is 6.61 Å². The van der Waals surface area contributed by atoms with Crippen LogP contribution in [-0.4, -0.2) is 32.9 Å². The number of halogens is 1. The van der Waals surface area contributed by atoms with E-state index in [9.17, 15) is 4.79 Å². The van der Waals surface area contributed by atoms with Crippen LogP contribution in [0, 0.1) is 0 Å². The molecule has 0 saturated heterocycles. The fourth-order valence-electron chi connectivity index (χ4n) is 1.51. The van der Waals surface area contributed by atoms with Crippen LogP contribution in [0.25, 0.3) is 0 Å². The zero-order valence-electron chi connectivity index (χ0n) is 9.23. The molecular formula is C10H10ClN5O2. The molecule has 1 amide bonds. The van der Waals surface area contributed by atoms with Gasteiger partial charge in [0.15, 0.2) is 6.33 Å². The molecule has 0 fully saturated rings. The van der Waals surface area contributed by atoms with Gasteiger partial charge in [-0.1, -0.05) is 29.8 Å². The first kappa shape index (κ1) is 12.3. The number of primary amides is 1. The maximum Gasteiger partial charge on any atom is 0.404 e. The van der Waals surface area contributed by atoms with Crippen LogP contribution < -0.4 is 5.73 Å². The molecule has 2 aromatic rings. The molecule has 0 spiro atoms. The Morgan fingerprint density at radius 1 is 1.50 bits per heavy atom. The van der Waals surface area contributed by atoms with Crippen molar-refractivity contribution in [1.29, 1.82) is 0 Å². The highest BCUT2D eigenvalue weighted by Gasteiger charge is 2.20. The van der Waals surface area contributed by atoms with Gasteiger partial charge in [-0.05, 0) is 11.3 Å². The fourth-order valence-corrected chi connectivity index (χ4v) is 1.77. The third-order valence-corrected chi connectivity index (χ3v) is 2.64. The van der Waals surface area contributed by atoms with E-state index >= 15 is 0 Å². The second kappa shape index (κ2) is 5.46. The van der Waals surface area contributed by atoms with Crippen LogP contribution >= 0.6 is 11.6 Å². The predicted molar refractivity (Wildman–Crippen MR) is 62.9 cm³/mol. The molecule has 2 rings (SSSR count). The first-order chi connectivity index (χ1) is 8.68. The van der Waals surface area contributed by atoms with Crippen LogP contribution in [-0.2, 0) is 4.74 Å².